The number of rotatable bonds is 6. The molecule has 5 rings (SSSR count). The number of ether oxygens (including phenoxy) is 1. The molecule has 1 saturated heterocycles. The number of fused-ring (bicyclic) bond motifs is 1. The van der Waals surface area contributed by atoms with Crippen molar-refractivity contribution in [1.29, 1.82) is 0 Å². The molecular formula is C26H32N4O3. The molecule has 7 nitrogen and oxygen atoms in total. The number of amides is 2. The first-order valence-corrected chi connectivity index (χ1v) is 12.2. The van der Waals surface area contributed by atoms with Crippen molar-refractivity contribution >= 4 is 11.8 Å². The number of hydrogen-bond donors (Lipinski definition) is 1. The first-order chi connectivity index (χ1) is 16.1. The van der Waals surface area contributed by atoms with Crippen LogP contribution in [0.15, 0.2) is 30.3 Å². The van der Waals surface area contributed by atoms with Crippen LogP contribution in [0, 0.1) is 17.8 Å². The van der Waals surface area contributed by atoms with Gasteiger partial charge in [-0.2, -0.15) is 4.98 Å². The summed E-state index contributed by atoms with van der Waals surface area (Å²) in [6.45, 7) is 1.93. The summed E-state index contributed by atoms with van der Waals surface area (Å²) in [6, 6.07) is 10.0. The summed E-state index contributed by atoms with van der Waals surface area (Å²) < 4.78 is 6.20. The number of carbonyl (C=O) groups excluding carboxylic acids is 2. The van der Waals surface area contributed by atoms with Crippen LogP contribution in [0.25, 0.3) is 11.4 Å². The van der Waals surface area contributed by atoms with E-state index in [1.54, 1.807) is 0 Å². The number of aromatic nitrogens is 2. The minimum Gasteiger partial charge on any atom is -0.477 e. The lowest BCUT2D eigenvalue weighted by atomic mass is 9.93. The van der Waals surface area contributed by atoms with Gasteiger partial charge in [-0.15, -0.1) is 0 Å². The van der Waals surface area contributed by atoms with Crippen LogP contribution in [-0.2, 0) is 22.4 Å². The second kappa shape index (κ2) is 9.49. The molecule has 3 aliphatic rings. The fourth-order valence-electron chi connectivity index (χ4n) is 4.95. The van der Waals surface area contributed by atoms with Gasteiger partial charge in [-0.25, -0.2) is 4.98 Å². The lowest BCUT2D eigenvalue weighted by molar-refractivity contribution is -0.139. The molecule has 1 unspecified atom stereocenters. The number of nitrogens with two attached hydrogens (primary N) is 1. The van der Waals surface area contributed by atoms with Crippen LogP contribution in [0.1, 0.15) is 49.8 Å². The van der Waals surface area contributed by atoms with Gasteiger partial charge < -0.3 is 15.4 Å². The summed E-state index contributed by atoms with van der Waals surface area (Å²) >= 11 is 0. The molecule has 174 valence electrons. The highest BCUT2D eigenvalue weighted by molar-refractivity contribution is 5.80. The minimum atomic E-state index is -0.251. The smallest absolute Gasteiger partial charge is 0.225 e. The molecule has 0 bridgehead atoms. The number of carbonyl (C=O) groups is 2. The molecule has 2 fully saturated rings. The molecule has 2 aromatic rings. The summed E-state index contributed by atoms with van der Waals surface area (Å²) in [5, 5.41) is 0. The van der Waals surface area contributed by atoms with Crippen molar-refractivity contribution in [2.75, 3.05) is 19.7 Å². The molecular weight excluding hydrogens is 416 g/mol. The van der Waals surface area contributed by atoms with E-state index in [2.05, 4.69) is 0 Å². The zero-order chi connectivity index (χ0) is 22.8. The molecule has 2 aliphatic carbocycles. The zero-order valence-electron chi connectivity index (χ0n) is 19.0. The second-order valence-electron chi connectivity index (χ2n) is 9.67. The third kappa shape index (κ3) is 5.02. The summed E-state index contributed by atoms with van der Waals surface area (Å²) in [7, 11) is 0. The third-order valence-corrected chi connectivity index (χ3v) is 7.27. The molecule has 1 atom stereocenters. The van der Waals surface area contributed by atoms with Gasteiger partial charge in [0, 0.05) is 36.1 Å². The van der Waals surface area contributed by atoms with Gasteiger partial charge >= 0.3 is 0 Å². The number of hydrogen-bond acceptors (Lipinski definition) is 5. The zero-order valence-corrected chi connectivity index (χ0v) is 19.0. The summed E-state index contributed by atoms with van der Waals surface area (Å²) in [5.74, 6) is 1.82. The average Bonchev–Trinajstić information content (AvgIpc) is 3.69. The van der Waals surface area contributed by atoms with E-state index in [4.69, 9.17) is 20.4 Å². The number of primary amides is 1. The molecule has 0 spiro atoms. The lowest BCUT2D eigenvalue weighted by Gasteiger charge is -2.33. The van der Waals surface area contributed by atoms with Crippen LogP contribution >= 0.6 is 0 Å². The number of piperidine rings is 1. The highest BCUT2D eigenvalue weighted by atomic mass is 16.5. The van der Waals surface area contributed by atoms with Crippen LogP contribution in [0.4, 0.5) is 0 Å². The minimum absolute atomic E-state index is 0.0409. The molecule has 7 heteroatoms. The molecule has 1 saturated carbocycles. The Morgan fingerprint density at radius 2 is 1.67 bits per heavy atom. The summed E-state index contributed by atoms with van der Waals surface area (Å²) in [4.78, 5) is 36.4. The van der Waals surface area contributed by atoms with E-state index in [-0.39, 0.29) is 23.7 Å². The van der Waals surface area contributed by atoms with Crippen LogP contribution < -0.4 is 10.5 Å². The van der Waals surface area contributed by atoms with E-state index in [0.717, 1.165) is 42.5 Å². The average molecular weight is 449 g/mol. The molecule has 0 radical (unpaired) electrons. The number of aryl methyl sites for hydroxylation is 1. The maximum absolute atomic E-state index is 13.3. The summed E-state index contributed by atoms with van der Waals surface area (Å²) in [6.07, 6.45) is 6.82. The Morgan fingerprint density at radius 3 is 2.36 bits per heavy atom. The lowest BCUT2D eigenvalue weighted by Crippen LogP contribution is -2.44. The van der Waals surface area contributed by atoms with Gasteiger partial charge in [-0.3, -0.25) is 9.59 Å². The Kier molecular flexibility index (Phi) is 6.29. The molecule has 33 heavy (non-hydrogen) atoms. The van der Waals surface area contributed by atoms with Gasteiger partial charge in [0.15, 0.2) is 5.82 Å². The first-order valence-electron chi connectivity index (χ1n) is 12.2. The van der Waals surface area contributed by atoms with Crippen LogP contribution in [0.3, 0.4) is 0 Å². The molecule has 2 amide bonds. The van der Waals surface area contributed by atoms with Crippen molar-refractivity contribution < 1.29 is 14.3 Å². The Morgan fingerprint density at radius 1 is 0.939 bits per heavy atom. The standard InChI is InChI=1S/C26H32N4O3/c27-23(31)18-12-14-30(15-13-18)26(32)20-8-10-21-22(11-9-20)28-24(19-4-2-1-3-5-19)29-25(21)33-16-17-6-7-17/h1-5,17-18,20H,6-16H2,(H2,27,31). The SMILES string of the molecule is NC(=O)C1CCN(C(=O)C2CCc3nc(-c4ccccc4)nc(OCC4CC4)c3CC2)CC1. The van der Waals surface area contributed by atoms with Gasteiger partial charge in [0.1, 0.15) is 0 Å². The van der Waals surface area contributed by atoms with Crippen molar-refractivity contribution in [3.8, 4) is 17.3 Å². The molecule has 2 heterocycles. The highest BCUT2D eigenvalue weighted by Gasteiger charge is 2.32. The highest BCUT2D eigenvalue weighted by Crippen LogP contribution is 2.35. The molecule has 1 aliphatic heterocycles. The number of benzene rings is 1. The number of nitrogens with zero attached hydrogens (tertiary/aromatic N) is 3. The fraction of sp³-hybridized carbons (Fsp3) is 0.538. The van der Waals surface area contributed by atoms with E-state index in [1.807, 2.05) is 35.2 Å². The van der Waals surface area contributed by atoms with Gasteiger partial charge in [0.25, 0.3) is 0 Å². The number of likely N-dealkylation sites (tertiary alicyclic amines) is 1. The van der Waals surface area contributed by atoms with Crippen LogP contribution in [0.2, 0.25) is 0 Å². The maximum Gasteiger partial charge on any atom is 0.225 e. The largest absolute Gasteiger partial charge is 0.477 e. The first kappa shape index (κ1) is 21.9. The van der Waals surface area contributed by atoms with Crippen molar-refractivity contribution in [2.45, 2.75) is 51.4 Å². The van der Waals surface area contributed by atoms with Gasteiger partial charge in [0.2, 0.25) is 17.7 Å². The summed E-state index contributed by atoms with van der Waals surface area (Å²) in [5.41, 5.74) is 8.51. The van der Waals surface area contributed by atoms with E-state index in [1.165, 1.54) is 12.8 Å². The molecule has 1 aromatic heterocycles. The quantitative estimate of drug-likeness (QED) is 0.685. The van der Waals surface area contributed by atoms with Crippen molar-refractivity contribution in [2.24, 2.45) is 23.5 Å². The Labute approximate surface area is 194 Å². The van der Waals surface area contributed by atoms with E-state index in [0.29, 0.717) is 50.2 Å². The topological polar surface area (TPSA) is 98.4 Å². The van der Waals surface area contributed by atoms with Gasteiger partial charge in [-0.05, 0) is 57.3 Å². The Bertz CT molecular complexity index is 1010. The van der Waals surface area contributed by atoms with E-state index < -0.39 is 0 Å². The van der Waals surface area contributed by atoms with Crippen molar-refractivity contribution in [3.63, 3.8) is 0 Å². The third-order valence-electron chi connectivity index (χ3n) is 7.27. The normalized spacial score (nSPS) is 21.2. The predicted molar refractivity (Wildman–Crippen MR) is 124 cm³/mol. The predicted octanol–water partition coefficient (Wildman–Crippen LogP) is 3.15. The van der Waals surface area contributed by atoms with E-state index >= 15 is 0 Å². The monoisotopic (exact) mass is 448 g/mol. The Balaban J connectivity index is 1.33. The van der Waals surface area contributed by atoms with Crippen LogP contribution in [0.5, 0.6) is 5.88 Å². The van der Waals surface area contributed by atoms with Gasteiger partial charge in [-0.1, -0.05) is 30.3 Å². The molecule has 2 N–H and O–H groups in total. The van der Waals surface area contributed by atoms with Crippen LogP contribution in [-0.4, -0.2) is 46.4 Å². The van der Waals surface area contributed by atoms with E-state index in [9.17, 15) is 9.59 Å². The van der Waals surface area contributed by atoms with Crippen molar-refractivity contribution in [3.05, 3.63) is 41.6 Å². The fourth-order valence-corrected chi connectivity index (χ4v) is 4.95. The van der Waals surface area contributed by atoms with Crippen molar-refractivity contribution in [1.82, 2.24) is 14.9 Å². The maximum atomic E-state index is 13.3. The molecule has 1 aromatic carbocycles. The Hall–Kier alpha value is -2.96. The second-order valence-corrected chi connectivity index (χ2v) is 9.67. The van der Waals surface area contributed by atoms with Gasteiger partial charge in [0.05, 0.1) is 12.3 Å².